The number of nitrogens with one attached hydrogen (secondary N) is 1. The van der Waals surface area contributed by atoms with E-state index < -0.39 is 0 Å². The van der Waals surface area contributed by atoms with Crippen LogP contribution in [0.1, 0.15) is 42.9 Å². The summed E-state index contributed by atoms with van der Waals surface area (Å²) < 4.78 is 15.4. The van der Waals surface area contributed by atoms with Crippen molar-refractivity contribution in [2.75, 3.05) is 6.54 Å². The number of nitrogens with zero attached hydrogens (tertiary/aromatic N) is 4. The van der Waals surface area contributed by atoms with E-state index in [4.69, 9.17) is 0 Å². The van der Waals surface area contributed by atoms with Crippen LogP contribution in [0, 0.1) is 17.1 Å². The Kier molecular flexibility index (Phi) is 4.02. The molecule has 1 aromatic carbocycles. The topological polar surface area (TPSA) is 60.6 Å². The Morgan fingerprint density at radius 3 is 3.04 bits per heavy atom. The molecule has 0 aliphatic carbocycles. The van der Waals surface area contributed by atoms with Gasteiger partial charge in [0, 0.05) is 19.3 Å². The van der Waals surface area contributed by atoms with Crippen molar-refractivity contribution in [1.29, 1.82) is 5.26 Å². The highest BCUT2D eigenvalue weighted by Crippen LogP contribution is 2.33. The van der Waals surface area contributed by atoms with Crippen molar-refractivity contribution in [3.05, 3.63) is 53.4 Å². The molecule has 1 aliphatic rings. The highest BCUT2D eigenvalue weighted by atomic mass is 19.1. The lowest BCUT2D eigenvalue weighted by Crippen LogP contribution is -2.23. The fourth-order valence-corrected chi connectivity index (χ4v) is 3.73. The van der Waals surface area contributed by atoms with Crippen molar-refractivity contribution >= 4 is 11.0 Å². The normalized spacial score (nSPS) is 18.0. The maximum atomic E-state index is 13.4. The molecule has 5 nitrogen and oxygen atoms in total. The van der Waals surface area contributed by atoms with E-state index in [1.54, 1.807) is 6.07 Å². The maximum Gasteiger partial charge on any atom is 0.125 e. The average molecular weight is 337 g/mol. The number of likely N-dealkylation sites (tertiary alicyclic amines) is 1. The number of imidazole rings is 1. The molecule has 25 heavy (non-hydrogen) atoms. The number of nitriles is 1. The Morgan fingerprint density at radius 1 is 1.40 bits per heavy atom. The van der Waals surface area contributed by atoms with Crippen molar-refractivity contribution in [1.82, 2.24) is 19.4 Å². The van der Waals surface area contributed by atoms with Crippen molar-refractivity contribution in [2.45, 2.75) is 38.9 Å². The monoisotopic (exact) mass is 337 g/mol. The quantitative estimate of drug-likeness (QED) is 0.789. The lowest BCUT2D eigenvalue weighted by molar-refractivity contribution is 0.241. The highest BCUT2D eigenvalue weighted by Gasteiger charge is 2.29. The van der Waals surface area contributed by atoms with Gasteiger partial charge in [0.05, 0.1) is 17.1 Å². The maximum absolute atomic E-state index is 13.4. The van der Waals surface area contributed by atoms with Crippen LogP contribution < -0.4 is 0 Å². The summed E-state index contributed by atoms with van der Waals surface area (Å²) in [5.74, 6) is 0.643. The van der Waals surface area contributed by atoms with Gasteiger partial charge < -0.3 is 9.55 Å². The summed E-state index contributed by atoms with van der Waals surface area (Å²) in [6.07, 6.45) is 4.19. The zero-order chi connectivity index (χ0) is 17.4. The molecule has 0 amide bonds. The minimum absolute atomic E-state index is 0.200. The molecule has 0 radical (unpaired) electrons. The first-order chi connectivity index (χ1) is 12.2. The first-order valence-electron chi connectivity index (χ1n) is 8.66. The van der Waals surface area contributed by atoms with E-state index in [9.17, 15) is 9.65 Å². The number of hydrogen-bond donors (Lipinski definition) is 1. The summed E-state index contributed by atoms with van der Waals surface area (Å²) in [5.41, 5.74) is 3.39. The Morgan fingerprint density at radius 2 is 2.28 bits per heavy atom. The minimum atomic E-state index is -0.254. The largest absolute Gasteiger partial charge is 0.341 e. The number of aromatic amines is 1. The van der Waals surface area contributed by atoms with Crippen LogP contribution in [0.4, 0.5) is 4.39 Å². The van der Waals surface area contributed by atoms with Crippen LogP contribution in [0.25, 0.3) is 11.0 Å². The smallest absolute Gasteiger partial charge is 0.125 e. The van der Waals surface area contributed by atoms with Gasteiger partial charge in [0.15, 0.2) is 0 Å². The second kappa shape index (κ2) is 6.34. The Labute approximate surface area is 145 Å². The molecular formula is C19H20FN5. The number of aromatic nitrogens is 3. The summed E-state index contributed by atoms with van der Waals surface area (Å²) in [7, 11) is 0. The molecule has 128 valence electrons. The minimum Gasteiger partial charge on any atom is -0.341 e. The summed E-state index contributed by atoms with van der Waals surface area (Å²) in [5, 5.41) is 9.23. The van der Waals surface area contributed by atoms with Gasteiger partial charge in [-0.3, -0.25) is 4.90 Å². The van der Waals surface area contributed by atoms with E-state index in [1.165, 1.54) is 12.1 Å². The zero-order valence-electron chi connectivity index (χ0n) is 14.2. The summed E-state index contributed by atoms with van der Waals surface area (Å²) in [6.45, 7) is 4.62. The van der Waals surface area contributed by atoms with E-state index in [1.807, 2.05) is 17.6 Å². The number of fused-ring (bicyclic) bond motifs is 1. The second-order valence-corrected chi connectivity index (χ2v) is 6.54. The van der Waals surface area contributed by atoms with Gasteiger partial charge in [0.25, 0.3) is 0 Å². The van der Waals surface area contributed by atoms with Crippen LogP contribution in [0.2, 0.25) is 0 Å². The van der Waals surface area contributed by atoms with Crippen LogP contribution in [0.15, 0.2) is 30.5 Å². The number of halogens is 1. The number of benzene rings is 1. The third-order valence-corrected chi connectivity index (χ3v) is 4.94. The zero-order valence-corrected chi connectivity index (χ0v) is 14.2. The van der Waals surface area contributed by atoms with Gasteiger partial charge >= 0.3 is 0 Å². The number of hydrogen-bond acceptors (Lipinski definition) is 3. The van der Waals surface area contributed by atoms with E-state index in [0.29, 0.717) is 5.69 Å². The van der Waals surface area contributed by atoms with Gasteiger partial charge in [-0.2, -0.15) is 5.26 Å². The molecule has 0 spiro atoms. The molecule has 3 aromatic rings. The fraction of sp³-hybridized carbons (Fsp3) is 0.368. The molecule has 0 unspecified atom stereocenters. The standard InChI is InChI=1S/C19H20FN5/c1-2-24-11-13(8-15(24)10-21)12-25-7-3-4-18(25)19-22-16-6-5-14(20)9-17(16)23-19/h5-6,8-9,11,18H,2-4,7,12H2,1H3,(H,22,23)/t18-/m0/s1. The predicted molar refractivity (Wildman–Crippen MR) is 93.3 cm³/mol. The molecule has 3 heterocycles. The predicted octanol–water partition coefficient (Wildman–Crippen LogP) is 3.73. The van der Waals surface area contributed by atoms with Crippen LogP contribution >= 0.6 is 0 Å². The van der Waals surface area contributed by atoms with E-state index in [0.717, 1.165) is 54.9 Å². The molecule has 0 bridgehead atoms. The first-order valence-corrected chi connectivity index (χ1v) is 8.66. The van der Waals surface area contributed by atoms with Crippen molar-refractivity contribution in [3.63, 3.8) is 0 Å². The van der Waals surface area contributed by atoms with Gasteiger partial charge in [-0.1, -0.05) is 0 Å². The van der Waals surface area contributed by atoms with Crippen LogP contribution in [0.3, 0.4) is 0 Å². The molecule has 1 fully saturated rings. The Balaban J connectivity index is 1.59. The van der Waals surface area contributed by atoms with Gasteiger partial charge in [-0.25, -0.2) is 9.37 Å². The summed E-state index contributed by atoms with van der Waals surface area (Å²) >= 11 is 0. The highest BCUT2D eigenvalue weighted by molar-refractivity contribution is 5.75. The number of H-pyrrole nitrogens is 1. The molecule has 1 atom stereocenters. The van der Waals surface area contributed by atoms with Gasteiger partial charge in [-0.05, 0) is 56.1 Å². The third kappa shape index (κ3) is 2.92. The van der Waals surface area contributed by atoms with Crippen LogP contribution in [-0.4, -0.2) is 26.0 Å². The van der Waals surface area contributed by atoms with Crippen LogP contribution in [-0.2, 0) is 13.1 Å². The Hall–Kier alpha value is -2.65. The summed E-state index contributed by atoms with van der Waals surface area (Å²) in [4.78, 5) is 10.3. The lowest BCUT2D eigenvalue weighted by Gasteiger charge is -2.22. The van der Waals surface area contributed by atoms with Crippen molar-refractivity contribution in [3.8, 4) is 6.07 Å². The first kappa shape index (κ1) is 15.9. The van der Waals surface area contributed by atoms with E-state index >= 15 is 0 Å². The molecule has 0 saturated carbocycles. The lowest BCUT2D eigenvalue weighted by atomic mass is 10.2. The molecule has 1 saturated heterocycles. The molecule has 2 aromatic heterocycles. The summed E-state index contributed by atoms with van der Waals surface area (Å²) in [6, 6.07) is 9.06. The fourth-order valence-electron chi connectivity index (χ4n) is 3.73. The van der Waals surface area contributed by atoms with Gasteiger partial charge in [-0.15, -0.1) is 0 Å². The van der Waals surface area contributed by atoms with Gasteiger partial charge in [0.1, 0.15) is 23.4 Å². The van der Waals surface area contributed by atoms with Crippen molar-refractivity contribution in [2.24, 2.45) is 0 Å². The molecule has 1 N–H and O–H groups in total. The van der Waals surface area contributed by atoms with Gasteiger partial charge in [0.2, 0.25) is 0 Å². The molecule has 4 rings (SSSR count). The molecule has 6 heteroatoms. The van der Waals surface area contributed by atoms with Crippen molar-refractivity contribution < 1.29 is 4.39 Å². The SMILES string of the molecule is CCn1cc(CN2CCC[C@H]2c2nc3ccc(F)cc3[nH]2)cc1C#N. The molecule has 1 aliphatic heterocycles. The van der Waals surface area contributed by atoms with E-state index in [-0.39, 0.29) is 11.9 Å². The Bertz CT molecular complexity index is 949. The van der Waals surface area contributed by atoms with E-state index in [2.05, 4.69) is 27.1 Å². The van der Waals surface area contributed by atoms with Crippen LogP contribution in [0.5, 0.6) is 0 Å². The molecular weight excluding hydrogens is 317 g/mol. The average Bonchev–Trinajstić information content (AvgIpc) is 3.31. The number of aryl methyl sites for hydroxylation is 1. The number of rotatable bonds is 4. The third-order valence-electron chi connectivity index (χ3n) is 4.94. The second-order valence-electron chi connectivity index (χ2n) is 6.54.